The summed E-state index contributed by atoms with van der Waals surface area (Å²) in [5, 5.41) is 35.8. The summed E-state index contributed by atoms with van der Waals surface area (Å²) in [6, 6.07) is 30.6. The van der Waals surface area contributed by atoms with Gasteiger partial charge in [0.1, 0.15) is 0 Å². The molecule has 0 spiro atoms. The van der Waals surface area contributed by atoms with E-state index in [9.17, 15) is 9.59 Å². The van der Waals surface area contributed by atoms with E-state index in [1.165, 1.54) is 22.7 Å². The van der Waals surface area contributed by atoms with Crippen LogP contribution in [0.25, 0.3) is 22.5 Å². The van der Waals surface area contributed by atoms with Gasteiger partial charge in [-0.25, -0.2) is 9.97 Å². The molecule has 4 aliphatic rings. The van der Waals surface area contributed by atoms with Crippen LogP contribution in [0, 0.1) is 24.7 Å². The van der Waals surface area contributed by atoms with Crippen molar-refractivity contribution in [2.75, 3.05) is 85.9 Å². The van der Waals surface area contributed by atoms with Crippen molar-refractivity contribution in [3.05, 3.63) is 129 Å². The molecule has 75 heavy (non-hydrogen) atoms. The van der Waals surface area contributed by atoms with Gasteiger partial charge < -0.3 is 14.9 Å². The molecule has 20 heteroatoms. The Balaban J connectivity index is 0.000000189. The molecular weight excluding hydrogens is 1030 g/mol. The molecule has 2 saturated heterocycles. The molecule has 6 aromatic rings. The van der Waals surface area contributed by atoms with Gasteiger partial charge in [-0.3, -0.25) is 34.8 Å². The molecule has 386 valence electrons. The Morgan fingerprint density at radius 1 is 0.587 bits per heavy atom. The van der Waals surface area contributed by atoms with Gasteiger partial charge in [0, 0.05) is 158 Å². The predicted octanol–water partition coefficient (Wildman–Crippen LogP) is 11.3. The van der Waals surface area contributed by atoms with E-state index in [1.54, 1.807) is 0 Å². The number of terminal acetylenes is 2. The fraction of sp³-hybridized carbons (Fsp3) is 0.327. The third-order valence-corrected chi connectivity index (χ3v) is 15.4. The molecule has 3 N–H and O–H groups in total. The van der Waals surface area contributed by atoms with Crippen LogP contribution >= 0.6 is 45.9 Å². The molecule has 4 aromatic carbocycles. The molecule has 0 saturated carbocycles. The molecule has 2 fully saturated rings. The van der Waals surface area contributed by atoms with Crippen LogP contribution in [-0.2, 0) is 4.79 Å². The van der Waals surface area contributed by atoms with E-state index < -0.39 is 0 Å². The topological polar surface area (TPSA) is 184 Å². The average molecular weight is 1080 g/mol. The van der Waals surface area contributed by atoms with Crippen molar-refractivity contribution in [3.8, 4) is 47.2 Å². The number of hydrogen-bond acceptors (Lipinski definition) is 15. The van der Waals surface area contributed by atoms with E-state index in [0.717, 1.165) is 138 Å². The smallest absolute Gasteiger partial charge is 0.290 e. The fourth-order valence-electron chi connectivity index (χ4n) is 8.70. The number of anilines is 4. The first-order valence-electron chi connectivity index (χ1n) is 24.5. The zero-order chi connectivity index (χ0) is 52.6. The third-order valence-electron chi connectivity index (χ3n) is 13.2. The van der Waals surface area contributed by atoms with Crippen LogP contribution in [0.3, 0.4) is 0 Å². The second-order valence-corrected chi connectivity index (χ2v) is 20.6. The van der Waals surface area contributed by atoms with Gasteiger partial charge in [-0.05, 0) is 60.7 Å². The minimum absolute atomic E-state index is 0.180. The van der Waals surface area contributed by atoms with Gasteiger partial charge in [0.15, 0.2) is 21.6 Å². The number of nitrogens with one attached hydrogen (secondary N) is 2. The van der Waals surface area contributed by atoms with Crippen molar-refractivity contribution in [2.45, 2.75) is 49.9 Å². The summed E-state index contributed by atoms with van der Waals surface area (Å²) in [4.78, 5) is 52.6. The van der Waals surface area contributed by atoms with E-state index in [0.29, 0.717) is 31.4 Å². The number of aromatic nitrogens is 2. The summed E-state index contributed by atoms with van der Waals surface area (Å²) in [7, 11) is 0. The molecule has 0 aliphatic carbocycles. The Morgan fingerprint density at radius 2 is 0.947 bits per heavy atom. The highest BCUT2D eigenvalue weighted by molar-refractivity contribution is 7.14. The van der Waals surface area contributed by atoms with E-state index in [4.69, 9.17) is 45.9 Å². The quantitative estimate of drug-likeness (QED) is 0.0553. The molecule has 10 rings (SSSR count). The number of halogens is 2. The number of rotatable bonds is 18. The van der Waals surface area contributed by atoms with Crippen molar-refractivity contribution in [3.63, 3.8) is 0 Å². The Labute approximate surface area is 454 Å². The zero-order valence-corrected chi connectivity index (χ0v) is 44.3. The molecule has 2 amide bonds. The maximum atomic E-state index is 12.8. The summed E-state index contributed by atoms with van der Waals surface area (Å²) in [6.07, 6.45) is 15.8. The summed E-state index contributed by atoms with van der Waals surface area (Å²) in [5.74, 6) is 5.01. The van der Waals surface area contributed by atoms with E-state index in [1.807, 2.05) is 108 Å². The number of carbonyl (C=O) groups is 3. The number of thiazole rings is 2. The summed E-state index contributed by atoms with van der Waals surface area (Å²) in [5.41, 5.74) is 6.21. The Hall–Kier alpha value is -7.03. The van der Waals surface area contributed by atoms with Gasteiger partial charge in [-0.15, -0.1) is 47.4 Å². The van der Waals surface area contributed by atoms with Crippen LogP contribution in [0.15, 0.2) is 128 Å². The normalized spacial score (nSPS) is 16.0. The number of carbonyl (C=O) groups excluding carboxylic acids is 2. The van der Waals surface area contributed by atoms with Crippen molar-refractivity contribution in [2.24, 2.45) is 20.5 Å². The monoisotopic (exact) mass is 1080 g/mol. The highest BCUT2D eigenvalue weighted by atomic mass is 35.5. The van der Waals surface area contributed by atoms with Gasteiger partial charge >= 0.3 is 0 Å². The molecule has 0 radical (unpaired) electrons. The number of nitrogens with zero attached hydrogens (tertiary/aromatic N) is 10. The van der Waals surface area contributed by atoms with Gasteiger partial charge in [0.25, 0.3) is 18.3 Å². The van der Waals surface area contributed by atoms with Crippen LogP contribution in [0.4, 0.5) is 21.6 Å². The summed E-state index contributed by atoms with van der Waals surface area (Å²) >= 11 is 15.3. The molecule has 0 bridgehead atoms. The van der Waals surface area contributed by atoms with Gasteiger partial charge in [-0.2, -0.15) is 20.5 Å². The largest absolute Gasteiger partial charge is 0.483 e. The van der Waals surface area contributed by atoms with Gasteiger partial charge in [-0.1, -0.05) is 59.6 Å². The van der Waals surface area contributed by atoms with E-state index >= 15 is 0 Å². The maximum Gasteiger partial charge on any atom is 0.290 e. The number of hydrogen-bond donors (Lipinski definition) is 3. The lowest BCUT2D eigenvalue weighted by atomic mass is 10.0. The third kappa shape index (κ3) is 15.1. The highest BCUT2D eigenvalue weighted by Gasteiger charge is 2.40. The molecule has 2 aromatic heterocycles. The Morgan fingerprint density at radius 3 is 1.28 bits per heavy atom. The molecule has 16 nitrogen and oxygen atoms in total. The maximum absolute atomic E-state index is 12.8. The molecule has 0 unspecified atom stereocenters. The molecule has 4 aliphatic heterocycles. The highest BCUT2D eigenvalue weighted by Crippen LogP contribution is 2.38. The standard InChI is InChI=1S/2C27H27ClN6OS.CH2O2/c2*1-2-3-12-27(31-32-27)13-14-33-15-17-34(18-16-33)21-10-8-20(9-11-21)25(35)30-26-29-24(19-36-26)22-6-4-5-7-23(22)28;2-1-3/h2*1,4-11,19H,3,12-18H2,(H,29,30,35);1H,(H,2,3). The zero-order valence-electron chi connectivity index (χ0n) is 41.2. The lowest BCUT2D eigenvalue weighted by Gasteiger charge is -2.36. The first kappa shape index (κ1) is 54.2. The fourth-order valence-corrected chi connectivity index (χ4v) is 10.6. The number of piperazine rings is 2. The second kappa shape index (κ2) is 26.0. The SMILES string of the molecule is C#CCCC1(CCN2CCN(c3ccc(C(=O)Nc4nc(-c5ccccc5Cl)cs4)cc3)CC2)N=N1.C#CCCC1(CCN2CCN(c3ccc(C(=O)Nc4nc(-c5ccccc5Cl)cs4)cc3)CC2)N=N1.O=CO. The van der Waals surface area contributed by atoms with Crippen LogP contribution in [0.1, 0.15) is 59.2 Å². The second-order valence-electron chi connectivity index (χ2n) is 18.1. The van der Waals surface area contributed by atoms with Crippen LogP contribution in [0.2, 0.25) is 10.0 Å². The van der Waals surface area contributed by atoms with Crippen molar-refractivity contribution >= 4 is 85.8 Å². The molecule has 0 atom stereocenters. The summed E-state index contributed by atoms with van der Waals surface area (Å²) in [6.45, 7) is 9.47. The first-order valence-corrected chi connectivity index (χ1v) is 27.0. The molecular formula is C55H56Cl2N12O4S2. The van der Waals surface area contributed by atoms with Crippen LogP contribution in [0.5, 0.6) is 0 Å². The van der Waals surface area contributed by atoms with Gasteiger partial charge in [0.2, 0.25) is 0 Å². The van der Waals surface area contributed by atoms with Crippen molar-refractivity contribution in [1.82, 2.24) is 19.8 Å². The van der Waals surface area contributed by atoms with Gasteiger partial charge in [0.05, 0.1) is 11.4 Å². The Kier molecular flexibility index (Phi) is 18.8. The predicted molar refractivity (Wildman–Crippen MR) is 300 cm³/mol. The minimum Gasteiger partial charge on any atom is -0.483 e. The minimum atomic E-state index is -0.250. The van der Waals surface area contributed by atoms with E-state index in [2.05, 4.69) is 72.5 Å². The number of benzene rings is 4. The number of amides is 2. The van der Waals surface area contributed by atoms with Crippen LogP contribution < -0.4 is 20.4 Å². The number of carboxylic acid groups (broad SMARTS) is 1. The lowest BCUT2D eigenvalue weighted by molar-refractivity contribution is -0.122. The lowest BCUT2D eigenvalue weighted by Crippen LogP contribution is -2.47. The van der Waals surface area contributed by atoms with Crippen molar-refractivity contribution < 1.29 is 19.5 Å². The van der Waals surface area contributed by atoms with Crippen molar-refractivity contribution in [1.29, 1.82) is 0 Å². The summed E-state index contributed by atoms with van der Waals surface area (Å²) < 4.78 is 0. The first-order chi connectivity index (χ1) is 36.5. The van der Waals surface area contributed by atoms with E-state index in [-0.39, 0.29) is 29.6 Å². The molecule has 6 heterocycles. The average Bonchev–Trinajstić information content (AvgIpc) is 4.29. The Bertz CT molecular complexity index is 2830. The van der Waals surface area contributed by atoms with Crippen LogP contribution in [-0.4, -0.2) is 120 Å².